The zero-order valence-electron chi connectivity index (χ0n) is 12.9. The second kappa shape index (κ2) is 6.90. The van der Waals surface area contributed by atoms with Crippen LogP contribution in [0.5, 0.6) is 0 Å². The molecule has 0 heterocycles. The number of halogens is 1. The highest BCUT2D eigenvalue weighted by Crippen LogP contribution is 2.23. The van der Waals surface area contributed by atoms with Gasteiger partial charge in [-0.05, 0) is 39.3 Å². The Hall–Kier alpha value is -1.09. The minimum absolute atomic E-state index is 0.0124. The van der Waals surface area contributed by atoms with Crippen molar-refractivity contribution in [3.05, 3.63) is 29.6 Å². The highest BCUT2D eigenvalue weighted by molar-refractivity contribution is 5.53. The summed E-state index contributed by atoms with van der Waals surface area (Å²) in [6.07, 6.45) is 2.27. The molecule has 1 aromatic carbocycles. The molecule has 3 heteroatoms. The van der Waals surface area contributed by atoms with Gasteiger partial charge in [0.25, 0.3) is 0 Å². The van der Waals surface area contributed by atoms with E-state index < -0.39 is 0 Å². The van der Waals surface area contributed by atoms with Gasteiger partial charge in [-0.15, -0.1) is 0 Å². The van der Waals surface area contributed by atoms with Crippen LogP contribution in [0.4, 0.5) is 10.1 Å². The van der Waals surface area contributed by atoms with Crippen molar-refractivity contribution in [1.29, 1.82) is 0 Å². The van der Waals surface area contributed by atoms with E-state index in [0.717, 1.165) is 30.6 Å². The summed E-state index contributed by atoms with van der Waals surface area (Å²) < 4.78 is 14.0. The summed E-state index contributed by atoms with van der Waals surface area (Å²) >= 11 is 0. The molecule has 0 radical (unpaired) electrons. The second-order valence-corrected chi connectivity index (χ2v) is 6.12. The summed E-state index contributed by atoms with van der Waals surface area (Å²) in [6.45, 7) is 9.96. The normalized spacial score (nSPS) is 11.7. The first kappa shape index (κ1) is 16.0. The number of unbranched alkanes of at least 4 members (excludes halogenated alkanes) is 1. The summed E-state index contributed by atoms with van der Waals surface area (Å²) in [5.74, 6) is -0.127. The molecule has 19 heavy (non-hydrogen) atoms. The quantitative estimate of drug-likeness (QED) is 0.838. The van der Waals surface area contributed by atoms with Crippen molar-refractivity contribution < 1.29 is 4.39 Å². The van der Waals surface area contributed by atoms with E-state index in [-0.39, 0.29) is 11.4 Å². The van der Waals surface area contributed by atoms with E-state index in [2.05, 4.69) is 37.9 Å². The Bertz CT molecular complexity index is 396. The predicted octanol–water partition coefficient (Wildman–Crippen LogP) is 3.95. The Morgan fingerprint density at radius 1 is 1.26 bits per heavy atom. The number of benzene rings is 1. The fourth-order valence-electron chi connectivity index (χ4n) is 1.95. The van der Waals surface area contributed by atoms with Crippen molar-refractivity contribution in [2.45, 2.75) is 52.6 Å². The first-order valence-corrected chi connectivity index (χ1v) is 7.08. The lowest BCUT2D eigenvalue weighted by Gasteiger charge is -2.26. The molecular weight excluding hydrogens is 239 g/mol. The van der Waals surface area contributed by atoms with Crippen LogP contribution in [0, 0.1) is 5.82 Å². The molecular formula is C16H27FN2. The van der Waals surface area contributed by atoms with Gasteiger partial charge in [-0.2, -0.15) is 0 Å². The zero-order chi connectivity index (χ0) is 14.5. The number of anilines is 1. The van der Waals surface area contributed by atoms with Gasteiger partial charge in [-0.1, -0.05) is 19.4 Å². The molecule has 0 bridgehead atoms. The van der Waals surface area contributed by atoms with Gasteiger partial charge in [0, 0.05) is 36.9 Å². The van der Waals surface area contributed by atoms with E-state index in [1.807, 2.05) is 13.1 Å². The Balaban J connectivity index is 2.88. The van der Waals surface area contributed by atoms with Crippen LogP contribution in [0.15, 0.2) is 18.2 Å². The number of hydrogen-bond donors (Lipinski definition) is 1. The number of nitrogens with zero attached hydrogens (tertiary/aromatic N) is 1. The van der Waals surface area contributed by atoms with Crippen LogP contribution in [0.1, 0.15) is 46.1 Å². The van der Waals surface area contributed by atoms with Crippen molar-refractivity contribution in [2.75, 3.05) is 18.5 Å². The molecule has 0 fully saturated rings. The van der Waals surface area contributed by atoms with Gasteiger partial charge in [0.15, 0.2) is 0 Å². The molecule has 0 unspecified atom stereocenters. The van der Waals surface area contributed by atoms with Crippen molar-refractivity contribution in [3.63, 3.8) is 0 Å². The van der Waals surface area contributed by atoms with Gasteiger partial charge < -0.3 is 10.2 Å². The highest BCUT2D eigenvalue weighted by Gasteiger charge is 2.15. The Morgan fingerprint density at radius 3 is 2.53 bits per heavy atom. The molecule has 108 valence electrons. The van der Waals surface area contributed by atoms with Crippen LogP contribution in [0.2, 0.25) is 0 Å². The minimum Gasteiger partial charge on any atom is -0.374 e. The van der Waals surface area contributed by atoms with Gasteiger partial charge >= 0.3 is 0 Å². The molecule has 0 aromatic heterocycles. The first-order valence-electron chi connectivity index (χ1n) is 7.08. The average Bonchev–Trinajstić information content (AvgIpc) is 2.33. The molecule has 1 N–H and O–H groups in total. The Kier molecular flexibility index (Phi) is 5.80. The molecule has 1 rings (SSSR count). The molecule has 0 atom stereocenters. The van der Waals surface area contributed by atoms with Crippen molar-refractivity contribution in [2.24, 2.45) is 0 Å². The van der Waals surface area contributed by atoms with Gasteiger partial charge in [0.05, 0.1) is 0 Å². The third kappa shape index (κ3) is 5.19. The smallest absolute Gasteiger partial charge is 0.129 e. The second-order valence-electron chi connectivity index (χ2n) is 6.12. The maximum Gasteiger partial charge on any atom is 0.129 e. The summed E-state index contributed by atoms with van der Waals surface area (Å²) in [4.78, 5) is 2.15. The molecule has 0 aliphatic heterocycles. The molecule has 1 aromatic rings. The van der Waals surface area contributed by atoms with Gasteiger partial charge in [0.1, 0.15) is 5.82 Å². The molecule has 0 aliphatic rings. The minimum atomic E-state index is -0.127. The van der Waals surface area contributed by atoms with Gasteiger partial charge in [-0.3, -0.25) is 0 Å². The molecule has 0 aliphatic carbocycles. The first-order chi connectivity index (χ1) is 8.85. The van der Waals surface area contributed by atoms with Gasteiger partial charge in [0.2, 0.25) is 0 Å². The average molecular weight is 266 g/mol. The summed E-state index contributed by atoms with van der Waals surface area (Å²) in [5.41, 5.74) is 1.74. The van der Waals surface area contributed by atoms with Crippen LogP contribution in [0.3, 0.4) is 0 Å². The fraction of sp³-hybridized carbons (Fsp3) is 0.625. The van der Waals surface area contributed by atoms with Gasteiger partial charge in [-0.25, -0.2) is 4.39 Å². The topological polar surface area (TPSA) is 15.3 Å². The standard InChI is InChI=1S/C16H27FN2/c1-6-7-11-19(5)15-10-8-9-14(17)13(15)12-18-16(2,3)4/h8-10,18H,6-7,11-12H2,1-5H3. The molecule has 0 saturated carbocycles. The lowest BCUT2D eigenvalue weighted by Crippen LogP contribution is -2.36. The maximum absolute atomic E-state index is 14.0. The largest absolute Gasteiger partial charge is 0.374 e. The third-order valence-electron chi connectivity index (χ3n) is 3.15. The molecule has 2 nitrogen and oxygen atoms in total. The summed E-state index contributed by atoms with van der Waals surface area (Å²) in [6, 6.07) is 5.32. The lowest BCUT2D eigenvalue weighted by atomic mass is 10.1. The van der Waals surface area contributed by atoms with E-state index in [4.69, 9.17) is 0 Å². The van der Waals surface area contributed by atoms with Crippen molar-refractivity contribution in [3.8, 4) is 0 Å². The van der Waals surface area contributed by atoms with Crippen LogP contribution in [-0.2, 0) is 6.54 Å². The number of nitrogens with one attached hydrogen (secondary N) is 1. The summed E-state index contributed by atoms with van der Waals surface area (Å²) in [5, 5.41) is 3.36. The van der Waals surface area contributed by atoms with Crippen LogP contribution < -0.4 is 10.2 Å². The molecule has 0 amide bonds. The Morgan fingerprint density at radius 2 is 1.95 bits per heavy atom. The van der Waals surface area contributed by atoms with Crippen molar-refractivity contribution >= 4 is 5.69 Å². The fourth-order valence-corrected chi connectivity index (χ4v) is 1.95. The highest BCUT2D eigenvalue weighted by atomic mass is 19.1. The SMILES string of the molecule is CCCCN(C)c1cccc(F)c1CNC(C)(C)C. The monoisotopic (exact) mass is 266 g/mol. The Labute approximate surface area is 117 Å². The van der Waals surface area contributed by atoms with Crippen LogP contribution in [0.25, 0.3) is 0 Å². The predicted molar refractivity (Wildman–Crippen MR) is 81.2 cm³/mol. The number of rotatable bonds is 6. The zero-order valence-corrected chi connectivity index (χ0v) is 12.9. The van der Waals surface area contributed by atoms with E-state index in [1.54, 1.807) is 6.07 Å². The molecule has 0 spiro atoms. The third-order valence-corrected chi connectivity index (χ3v) is 3.15. The molecule has 0 saturated heterocycles. The van der Waals surface area contributed by atoms with Crippen molar-refractivity contribution in [1.82, 2.24) is 5.32 Å². The van der Waals surface area contributed by atoms with E-state index in [9.17, 15) is 4.39 Å². The lowest BCUT2D eigenvalue weighted by molar-refractivity contribution is 0.418. The van der Waals surface area contributed by atoms with Crippen LogP contribution >= 0.6 is 0 Å². The maximum atomic E-state index is 14.0. The summed E-state index contributed by atoms with van der Waals surface area (Å²) in [7, 11) is 2.03. The van der Waals surface area contributed by atoms with E-state index in [0.29, 0.717) is 6.54 Å². The van der Waals surface area contributed by atoms with E-state index >= 15 is 0 Å². The number of hydrogen-bond acceptors (Lipinski definition) is 2. The van der Waals surface area contributed by atoms with Crippen LogP contribution in [-0.4, -0.2) is 19.1 Å². The van der Waals surface area contributed by atoms with E-state index in [1.165, 1.54) is 6.07 Å².